The topological polar surface area (TPSA) is 132 Å². The third-order valence-corrected chi connectivity index (χ3v) is 4.22. The van der Waals surface area contributed by atoms with Crippen LogP contribution in [0.2, 0.25) is 0 Å². The van der Waals surface area contributed by atoms with Crippen LogP contribution < -0.4 is 10.9 Å². The van der Waals surface area contributed by atoms with Crippen LogP contribution in [0.25, 0.3) is 22.7 Å². The molecular formula is C19H17N7O3. The van der Waals surface area contributed by atoms with Gasteiger partial charge in [0, 0.05) is 24.8 Å². The smallest absolute Gasteiger partial charge is 0.266 e. The predicted molar refractivity (Wildman–Crippen MR) is 104 cm³/mol. The lowest BCUT2D eigenvalue weighted by Crippen LogP contribution is -2.24. The summed E-state index contributed by atoms with van der Waals surface area (Å²) < 4.78 is 6.37. The number of aromatic amines is 1. The van der Waals surface area contributed by atoms with Gasteiger partial charge in [0.2, 0.25) is 5.91 Å². The molecule has 0 saturated carbocycles. The lowest BCUT2D eigenvalue weighted by molar-refractivity contribution is -0.116. The van der Waals surface area contributed by atoms with E-state index in [9.17, 15) is 9.59 Å². The molecule has 0 aliphatic carbocycles. The van der Waals surface area contributed by atoms with E-state index >= 15 is 0 Å². The molecule has 0 fully saturated rings. The molecule has 0 radical (unpaired) electrons. The van der Waals surface area contributed by atoms with Gasteiger partial charge in [-0.05, 0) is 24.6 Å². The fourth-order valence-corrected chi connectivity index (χ4v) is 2.76. The van der Waals surface area contributed by atoms with E-state index in [-0.39, 0.29) is 35.9 Å². The average Bonchev–Trinajstić information content (AvgIpc) is 3.40. The fourth-order valence-electron chi connectivity index (χ4n) is 2.76. The van der Waals surface area contributed by atoms with Crippen LogP contribution in [0.3, 0.4) is 0 Å². The summed E-state index contributed by atoms with van der Waals surface area (Å²) in [5.41, 5.74) is 2.37. The monoisotopic (exact) mass is 391 g/mol. The molecule has 4 rings (SSSR count). The Morgan fingerprint density at radius 3 is 2.72 bits per heavy atom. The third kappa shape index (κ3) is 4.10. The molecule has 3 aromatic heterocycles. The highest BCUT2D eigenvalue weighted by Crippen LogP contribution is 2.19. The Labute approximate surface area is 164 Å². The van der Waals surface area contributed by atoms with Crippen LogP contribution in [0.1, 0.15) is 12.2 Å². The van der Waals surface area contributed by atoms with Gasteiger partial charge in [-0.2, -0.15) is 4.98 Å². The van der Waals surface area contributed by atoms with E-state index in [2.05, 4.69) is 30.4 Å². The second-order valence-corrected chi connectivity index (χ2v) is 6.29. The number of anilines is 1. The molecule has 3 heterocycles. The summed E-state index contributed by atoms with van der Waals surface area (Å²) in [5.74, 6) is 0.314. The zero-order valence-corrected chi connectivity index (χ0v) is 15.5. The van der Waals surface area contributed by atoms with E-state index in [1.807, 2.05) is 12.1 Å². The van der Waals surface area contributed by atoms with E-state index in [0.717, 1.165) is 11.3 Å². The fraction of sp³-hybridized carbons (Fsp3) is 0.158. The molecule has 2 N–H and O–H groups in total. The summed E-state index contributed by atoms with van der Waals surface area (Å²) in [6, 6.07) is 7.38. The van der Waals surface area contributed by atoms with Crippen molar-refractivity contribution in [2.45, 2.75) is 19.9 Å². The predicted octanol–water partition coefficient (Wildman–Crippen LogP) is 2.02. The number of benzene rings is 1. The summed E-state index contributed by atoms with van der Waals surface area (Å²) in [6.07, 6.45) is 6.18. The van der Waals surface area contributed by atoms with Crippen LogP contribution >= 0.6 is 0 Å². The molecule has 0 unspecified atom stereocenters. The highest BCUT2D eigenvalue weighted by atomic mass is 16.5. The molecule has 0 bridgehead atoms. The highest BCUT2D eigenvalue weighted by molar-refractivity contribution is 5.90. The average molecular weight is 391 g/mol. The number of H-pyrrole nitrogens is 1. The van der Waals surface area contributed by atoms with Gasteiger partial charge in [-0.3, -0.25) is 14.2 Å². The highest BCUT2D eigenvalue weighted by Gasteiger charge is 2.14. The summed E-state index contributed by atoms with van der Waals surface area (Å²) in [6.45, 7) is 1.83. The van der Waals surface area contributed by atoms with Crippen molar-refractivity contribution in [3.05, 3.63) is 65.5 Å². The second-order valence-electron chi connectivity index (χ2n) is 6.29. The third-order valence-electron chi connectivity index (χ3n) is 4.22. The van der Waals surface area contributed by atoms with Gasteiger partial charge < -0.3 is 14.8 Å². The van der Waals surface area contributed by atoms with Crippen LogP contribution in [-0.4, -0.2) is 35.6 Å². The van der Waals surface area contributed by atoms with Crippen LogP contribution in [0, 0.1) is 6.92 Å². The van der Waals surface area contributed by atoms with Crippen molar-refractivity contribution in [2.24, 2.45) is 0 Å². The van der Waals surface area contributed by atoms with Gasteiger partial charge in [-0.25, -0.2) is 9.97 Å². The lowest BCUT2D eigenvalue weighted by Gasteiger charge is -2.08. The zero-order valence-electron chi connectivity index (χ0n) is 15.5. The second kappa shape index (κ2) is 7.89. The Balaban J connectivity index is 1.39. The number of carbonyl (C=O) groups excluding carboxylic acids is 1. The van der Waals surface area contributed by atoms with Crippen molar-refractivity contribution in [1.82, 2.24) is 29.7 Å². The summed E-state index contributed by atoms with van der Waals surface area (Å²) >= 11 is 0. The molecule has 1 aromatic carbocycles. The first-order valence-corrected chi connectivity index (χ1v) is 8.84. The first-order chi connectivity index (χ1) is 14.1. The maximum atomic E-state index is 12.6. The Morgan fingerprint density at radius 2 is 2.03 bits per heavy atom. The minimum absolute atomic E-state index is 0.107. The zero-order chi connectivity index (χ0) is 20.2. The number of carbonyl (C=O) groups is 1. The van der Waals surface area contributed by atoms with Gasteiger partial charge in [0.15, 0.2) is 5.82 Å². The van der Waals surface area contributed by atoms with E-state index in [0.29, 0.717) is 11.5 Å². The van der Waals surface area contributed by atoms with Gasteiger partial charge in [0.05, 0.1) is 24.5 Å². The van der Waals surface area contributed by atoms with Crippen molar-refractivity contribution in [1.29, 1.82) is 0 Å². The van der Waals surface area contributed by atoms with Crippen molar-refractivity contribution < 1.29 is 9.32 Å². The Bertz CT molecular complexity index is 1180. The van der Waals surface area contributed by atoms with E-state index < -0.39 is 0 Å². The molecule has 0 aliphatic heterocycles. The Kier molecular flexibility index (Phi) is 4.97. The molecule has 10 heteroatoms. The first kappa shape index (κ1) is 18.3. The molecule has 0 saturated heterocycles. The van der Waals surface area contributed by atoms with Crippen LogP contribution in [0.4, 0.5) is 5.69 Å². The van der Waals surface area contributed by atoms with Crippen LogP contribution in [0.5, 0.6) is 0 Å². The van der Waals surface area contributed by atoms with Gasteiger partial charge in [-0.1, -0.05) is 17.3 Å². The quantitative estimate of drug-likeness (QED) is 0.514. The van der Waals surface area contributed by atoms with Crippen molar-refractivity contribution in [2.75, 3.05) is 5.32 Å². The summed E-state index contributed by atoms with van der Waals surface area (Å²) in [7, 11) is 0. The molecular weight excluding hydrogens is 374 g/mol. The van der Waals surface area contributed by atoms with Crippen molar-refractivity contribution in [3.8, 4) is 22.7 Å². The van der Waals surface area contributed by atoms with E-state index in [1.165, 1.54) is 17.1 Å². The SMILES string of the molecule is Cc1noc(-c2cncn(CCC(=O)Nc3ccc(-c4cnc[nH]4)cc3)c2=O)n1. The number of nitrogens with one attached hydrogen (secondary N) is 2. The molecule has 4 aromatic rings. The van der Waals surface area contributed by atoms with Crippen LogP contribution in [0.15, 0.2) is 58.6 Å². The summed E-state index contributed by atoms with van der Waals surface area (Å²) in [4.78, 5) is 39.9. The van der Waals surface area contributed by atoms with Crippen LogP contribution in [-0.2, 0) is 11.3 Å². The van der Waals surface area contributed by atoms with Gasteiger partial charge in [0.25, 0.3) is 11.4 Å². The number of hydrogen-bond acceptors (Lipinski definition) is 7. The van der Waals surface area contributed by atoms with Gasteiger partial charge in [-0.15, -0.1) is 0 Å². The van der Waals surface area contributed by atoms with Crippen molar-refractivity contribution in [3.63, 3.8) is 0 Å². The molecule has 1 amide bonds. The number of aromatic nitrogens is 6. The molecule has 0 spiro atoms. The number of imidazole rings is 1. The first-order valence-electron chi connectivity index (χ1n) is 8.84. The van der Waals surface area contributed by atoms with Gasteiger partial charge >= 0.3 is 0 Å². The molecule has 29 heavy (non-hydrogen) atoms. The van der Waals surface area contributed by atoms with E-state index in [4.69, 9.17) is 4.52 Å². The number of aryl methyl sites for hydroxylation is 2. The number of hydrogen-bond donors (Lipinski definition) is 2. The van der Waals surface area contributed by atoms with Crippen molar-refractivity contribution >= 4 is 11.6 Å². The number of amides is 1. The minimum Gasteiger partial charge on any atom is -0.345 e. The Morgan fingerprint density at radius 1 is 1.21 bits per heavy atom. The minimum atomic E-state index is -0.347. The summed E-state index contributed by atoms with van der Waals surface area (Å²) in [5, 5.41) is 6.49. The maximum Gasteiger partial charge on any atom is 0.266 e. The molecule has 0 atom stereocenters. The largest absolute Gasteiger partial charge is 0.345 e. The number of nitrogens with zero attached hydrogens (tertiary/aromatic N) is 5. The molecule has 0 aliphatic rings. The van der Waals surface area contributed by atoms with E-state index in [1.54, 1.807) is 31.6 Å². The van der Waals surface area contributed by atoms with Gasteiger partial charge in [0.1, 0.15) is 5.56 Å². The Hall–Kier alpha value is -4.08. The standard InChI is InChI=1S/C19H17N7O3/c1-12-23-18(29-25-12)15-8-21-11-26(19(15)28)7-6-17(27)24-14-4-2-13(3-5-14)16-9-20-10-22-16/h2-5,8-11H,6-7H2,1H3,(H,20,22)(H,24,27). The number of rotatable bonds is 6. The molecule has 146 valence electrons. The lowest BCUT2D eigenvalue weighted by atomic mass is 10.1. The molecule has 10 nitrogen and oxygen atoms in total. The normalized spacial score (nSPS) is 10.8. The maximum absolute atomic E-state index is 12.6.